The predicted molar refractivity (Wildman–Crippen MR) is 40.3 cm³/mol. The topological polar surface area (TPSA) is 40.5 Å². The molecule has 58 valence electrons. The van der Waals surface area contributed by atoms with Crippen molar-refractivity contribution in [2.45, 2.75) is 20.0 Å². The molecule has 2 N–H and O–H groups in total. The summed E-state index contributed by atoms with van der Waals surface area (Å²) in [6, 6.07) is 0. The predicted octanol–water partition coefficient (Wildman–Crippen LogP) is 0.245. The first-order valence-electron chi connectivity index (χ1n) is 3.38. The molecule has 0 aliphatic rings. The van der Waals surface area contributed by atoms with Crippen LogP contribution in [0.1, 0.15) is 13.8 Å². The highest BCUT2D eigenvalue weighted by Gasteiger charge is 2.17. The Kier molecular flexibility index (Phi) is 4.10. The van der Waals surface area contributed by atoms with Crippen molar-refractivity contribution in [2.24, 2.45) is 11.8 Å². The smallest absolute Gasteiger partial charge is 0.0722 e. The Balaban J connectivity index is 3.84. The van der Waals surface area contributed by atoms with E-state index in [0.717, 1.165) is 0 Å². The van der Waals surface area contributed by atoms with Gasteiger partial charge in [-0.3, -0.25) is 0 Å². The molecular weight excluding hydrogens is 128 g/mol. The van der Waals surface area contributed by atoms with Gasteiger partial charge in [-0.05, 0) is 6.92 Å². The summed E-state index contributed by atoms with van der Waals surface area (Å²) in [5, 5.41) is 17.9. The van der Waals surface area contributed by atoms with Crippen molar-refractivity contribution in [2.75, 3.05) is 6.61 Å². The Hall–Kier alpha value is -0.520. The molecular formula is C8H14O2. The molecule has 0 bridgehead atoms. The first kappa shape index (κ1) is 9.48. The third-order valence-electron chi connectivity index (χ3n) is 1.65. The Morgan fingerprint density at radius 3 is 2.30 bits per heavy atom. The van der Waals surface area contributed by atoms with E-state index < -0.39 is 6.10 Å². The molecule has 0 fully saturated rings. The molecule has 0 rings (SSSR count). The second-order valence-corrected chi connectivity index (χ2v) is 2.61. The lowest BCUT2D eigenvalue weighted by Crippen LogP contribution is -2.26. The first-order valence-corrected chi connectivity index (χ1v) is 3.38. The van der Waals surface area contributed by atoms with Crippen LogP contribution in [0.2, 0.25) is 0 Å². The molecule has 10 heavy (non-hydrogen) atoms. The van der Waals surface area contributed by atoms with Crippen molar-refractivity contribution >= 4 is 0 Å². The quantitative estimate of drug-likeness (QED) is 0.554. The van der Waals surface area contributed by atoms with Gasteiger partial charge >= 0.3 is 0 Å². The van der Waals surface area contributed by atoms with Gasteiger partial charge in [0.2, 0.25) is 0 Å². The summed E-state index contributed by atoms with van der Waals surface area (Å²) in [5.41, 5.74) is 0. The molecule has 0 unspecified atom stereocenters. The molecule has 3 atom stereocenters. The molecule has 0 aromatic carbocycles. The van der Waals surface area contributed by atoms with Crippen LogP contribution in [0.5, 0.6) is 0 Å². The maximum absolute atomic E-state index is 9.28. The lowest BCUT2D eigenvalue weighted by atomic mass is 9.95. The maximum Gasteiger partial charge on any atom is 0.0722 e. The van der Waals surface area contributed by atoms with Gasteiger partial charge in [-0.2, -0.15) is 0 Å². The van der Waals surface area contributed by atoms with Gasteiger partial charge in [-0.15, -0.1) is 12.3 Å². The molecule has 0 aliphatic heterocycles. The number of hydrogen-bond donors (Lipinski definition) is 2. The van der Waals surface area contributed by atoms with Crippen molar-refractivity contribution in [3.05, 3.63) is 0 Å². The highest BCUT2D eigenvalue weighted by Crippen LogP contribution is 2.10. The van der Waals surface area contributed by atoms with Crippen molar-refractivity contribution in [3.63, 3.8) is 0 Å². The molecule has 0 saturated heterocycles. The first-order chi connectivity index (χ1) is 4.63. The summed E-state index contributed by atoms with van der Waals surface area (Å²) < 4.78 is 0. The third-order valence-corrected chi connectivity index (χ3v) is 1.65. The monoisotopic (exact) mass is 142 g/mol. The van der Waals surface area contributed by atoms with Crippen molar-refractivity contribution < 1.29 is 10.2 Å². The SMILES string of the molecule is C#C[C@H](C)[C@@H](O)[C@@H](C)CO. The van der Waals surface area contributed by atoms with E-state index in [2.05, 4.69) is 5.92 Å². The maximum atomic E-state index is 9.28. The molecule has 2 heteroatoms. The minimum absolute atomic E-state index is 0.0206. The van der Waals surface area contributed by atoms with Crippen LogP contribution in [0, 0.1) is 24.2 Å². The summed E-state index contributed by atoms with van der Waals surface area (Å²) >= 11 is 0. The highest BCUT2D eigenvalue weighted by molar-refractivity contribution is 4.95. The van der Waals surface area contributed by atoms with E-state index in [0.29, 0.717) is 0 Å². The van der Waals surface area contributed by atoms with E-state index in [1.54, 1.807) is 13.8 Å². The molecule has 0 aliphatic carbocycles. The lowest BCUT2D eigenvalue weighted by Gasteiger charge is -2.18. The average Bonchev–Trinajstić information content (AvgIpc) is 2.00. The number of aliphatic hydroxyl groups is 2. The van der Waals surface area contributed by atoms with Crippen LogP contribution in [0.3, 0.4) is 0 Å². The fourth-order valence-electron chi connectivity index (χ4n) is 0.699. The van der Waals surface area contributed by atoms with Gasteiger partial charge < -0.3 is 10.2 Å². The zero-order chi connectivity index (χ0) is 8.15. The Morgan fingerprint density at radius 2 is 2.00 bits per heavy atom. The summed E-state index contributed by atoms with van der Waals surface area (Å²) in [4.78, 5) is 0. The zero-order valence-electron chi connectivity index (χ0n) is 6.41. The molecule has 0 amide bonds. The van der Waals surface area contributed by atoms with Crippen molar-refractivity contribution in [1.82, 2.24) is 0 Å². The van der Waals surface area contributed by atoms with Gasteiger partial charge in [-0.25, -0.2) is 0 Å². The Morgan fingerprint density at radius 1 is 1.50 bits per heavy atom. The fourth-order valence-corrected chi connectivity index (χ4v) is 0.699. The van der Waals surface area contributed by atoms with E-state index >= 15 is 0 Å². The average molecular weight is 142 g/mol. The van der Waals surface area contributed by atoms with Crippen molar-refractivity contribution in [1.29, 1.82) is 0 Å². The molecule has 2 nitrogen and oxygen atoms in total. The normalized spacial score (nSPS) is 19.1. The second-order valence-electron chi connectivity index (χ2n) is 2.61. The minimum Gasteiger partial charge on any atom is -0.396 e. The number of hydrogen-bond acceptors (Lipinski definition) is 2. The summed E-state index contributed by atoms with van der Waals surface area (Å²) in [6.45, 7) is 3.50. The minimum atomic E-state index is -0.588. The fraction of sp³-hybridized carbons (Fsp3) is 0.750. The lowest BCUT2D eigenvalue weighted by molar-refractivity contribution is 0.0540. The number of terminal acetylenes is 1. The van der Waals surface area contributed by atoms with Gasteiger partial charge in [0.25, 0.3) is 0 Å². The number of aliphatic hydroxyl groups excluding tert-OH is 2. The van der Waals surface area contributed by atoms with Crippen LogP contribution < -0.4 is 0 Å². The molecule has 0 radical (unpaired) electrons. The van der Waals surface area contributed by atoms with Gasteiger partial charge in [0.15, 0.2) is 0 Å². The standard InChI is InChI=1S/C8H14O2/c1-4-6(2)8(10)7(3)5-9/h1,6-10H,5H2,2-3H3/t6-,7-,8+/m0/s1. The van der Waals surface area contributed by atoms with Crippen LogP contribution in [0.25, 0.3) is 0 Å². The van der Waals surface area contributed by atoms with Crippen LogP contribution in [-0.4, -0.2) is 22.9 Å². The van der Waals surface area contributed by atoms with E-state index in [-0.39, 0.29) is 18.4 Å². The van der Waals surface area contributed by atoms with E-state index in [4.69, 9.17) is 11.5 Å². The highest BCUT2D eigenvalue weighted by atomic mass is 16.3. The van der Waals surface area contributed by atoms with Crippen molar-refractivity contribution in [3.8, 4) is 12.3 Å². The molecule has 0 spiro atoms. The largest absolute Gasteiger partial charge is 0.396 e. The third kappa shape index (κ3) is 2.38. The van der Waals surface area contributed by atoms with Crippen LogP contribution in [-0.2, 0) is 0 Å². The molecule has 0 heterocycles. The van der Waals surface area contributed by atoms with Crippen LogP contribution >= 0.6 is 0 Å². The summed E-state index contributed by atoms with van der Waals surface area (Å²) in [7, 11) is 0. The van der Waals surface area contributed by atoms with Gasteiger partial charge in [0.05, 0.1) is 6.10 Å². The number of rotatable bonds is 3. The zero-order valence-corrected chi connectivity index (χ0v) is 6.41. The molecule has 0 aromatic rings. The van der Waals surface area contributed by atoms with Gasteiger partial charge in [0, 0.05) is 18.4 Å². The second kappa shape index (κ2) is 4.32. The summed E-state index contributed by atoms with van der Waals surface area (Å²) in [5.74, 6) is 2.11. The van der Waals surface area contributed by atoms with Gasteiger partial charge in [0.1, 0.15) is 0 Å². The summed E-state index contributed by atoms with van der Waals surface area (Å²) in [6.07, 6.45) is 4.49. The van der Waals surface area contributed by atoms with Crippen LogP contribution in [0.15, 0.2) is 0 Å². The molecule has 0 saturated carbocycles. The Bertz CT molecular complexity index is 126. The van der Waals surface area contributed by atoms with E-state index in [1.165, 1.54) is 0 Å². The van der Waals surface area contributed by atoms with Gasteiger partial charge in [-0.1, -0.05) is 6.92 Å². The molecule has 0 aromatic heterocycles. The van der Waals surface area contributed by atoms with E-state index in [1.807, 2.05) is 0 Å². The Labute approximate surface area is 61.9 Å². The van der Waals surface area contributed by atoms with Crippen LogP contribution in [0.4, 0.5) is 0 Å². The van der Waals surface area contributed by atoms with E-state index in [9.17, 15) is 5.11 Å².